The molecule has 0 atom stereocenters. The standard InChI is InChI=1S/C18H20N2O3S/c1-12-3-2-4-15(19-12)20-8-6-18(7-9-20)16-13(5-10-23-18)11-14(24-16)17(21)22/h2-4,11H,5-10H2,1H3,(H,21,22). The van der Waals surface area contributed by atoms with Crippen molar-refractivity contribution in [1.82, 2.24) is 4.98 Å². The van der Waals surface area contributed by atoms with Crippen molar-refractivity contribution in [2.75, 3.05) is 24.6 Å². The van der Waals surface area contributed by atoms with E-state index in [1.165, 1.54) is 11.3 Å². The fourth-order valence-electron chi connectivity index (χ4n) is 3.70. The van der Waals surface area contributed by atoms with Crippen LogP contribution in [0.1, 0.15) is 38.6 Å². The van der Waals surface area contributed by atoms with Gasteiger partial charge >= 0.3 is 5.97 Å². The van der Waals surface area contributed by atoms with Crippen molar-refractivity contribution in [2.24, 2.45) is 0 Å². The number of thiophene rings is 1. The summed E-state index contributed by atoms with van der Waals surface area (Å²) in [6, 6.07) is 7.92. The molecule has 4 rings (SSSR count). The number of hydrogen-bond donors (Lipinski definition) is 1. The van der Waals surface area contributed by atoms with Gasteiger partial charge in [0.05, 0.1) is 6.61 Å². The van der Waals surface area contributed by atoms with E-state index in [0.717, 1.165) is 54.3 Å². The van der Waals surface area contributed by atoms with E-state index in [9.17, 15) is 9.90 Å². The molecule has 0 unspecified atom stereocenters. The molecule has 6 heteroatoms. The molecule has 0 aliphatic carbocycles. The summed E-state index contributed by atoms with van der Waals surface area (Å²) < 4.78 is 6.20. The number of aromatic carboxylic acids is 1. The maximum atomic E-state index is 11.3. The highest BCUT2D eigenvalue weighted by Crippen LogP contribution is 2.45. The van der Waals surface area contributed by atoms with Gasteiger partial charge in [0.2, 0.25) is 0 Å². The van der Waals surface area contributed by atoms with Crippen molar-refractivity contribution in [3.63, 3.8) is 0 Å². The minimum Gasteiger partial charge on any atom is -0.477 e. The Morgan fingerprint density at radius 2 is 2.17 bits per heavy atom. The molecule has 0 amide bonds. The Balaban J connectivity index is 1.58. The van der Waals surface area contributed by atoms with Crippen LogP contribution in [0, 0.1) is 6.92 Å². The molecule has 0 bridgehead atoms. The van der Waals surface area contributed by atoms with Crippen LogP contribution >= 0.6 is 11.3 Å². The Morgan fingerprint density at radius 3 is 2.88 bits per heavy atom. The molecule has 1 spiro atoms. The molecule has 0 radical (unpaired) electrons. The summed E-state index contributed by atoms with van der Waals surface area (Å²) in [5.41, 5.74) is 1.87. The second kappa shape index (κ2) is 5.86. The third-order valence-electron chi connectivity index (χ3n) is 4.95. The smallest absolute Gasteiger partial charge is 0.345 e. The molecule has 1 saturated heterocycles. The lowest BCUT2D eigenvalue weighted by atomic mass is 9.85. The first-order valence-electron chi connectivity index (χ1n) is 8.26. The first-order valence-corrected chi connectivity index (χ1v) is 9.08. The van der Waals surface area contributed by atoms with Crippen molar-refractivity contribution in [3.05, 3.63) is 45.3 Å². The number of nitrogens with zero attached hydrogens (tertiary/aromatic N) is 2. The molecule has 0 aromatic carbocycles. The van der Waals surface area contributed by atoms with Crippen molar-refractivity contribution < 1.29 is 14.6 Å². The number of carbonyl (C=O) groups is 1. The van der Waals surface area contributed by atoms with Gasteiger partial charge in [-0.2, -0.15) is 0 Å². The molecule has 2 aromatic rings. The third kappa shape index (κ3) is 2.59. The number of carboxylic acid groups (broad SMARTS) is 1. The molecule has 2 aliphatic rings. The van der Waals surface area contributed by atoms with Crippen molar-refractivity contribution in [3.8, 4) is 0 Å². The second-order valence-electron chi connectivity index (χ2n) is 6.49. The number of anilines is 1. The summed E-state index contributed by atoms with van der Waals surface area (Å²) in [5, 5.41) is 9.29. The summed E-state index contributed by atoms with van der Waals surface area (Å²) in [5.74, 6) is 0.171. The number of piperidine rings is 1. The lowest BCUT2D eigenvalue weighted by Gasteiger charge is -2.44. The molecule has 2 aliphatic heterocycles. The maximum Gasteiger partial charge on any atom is 0.345 e. The molecule has 126 valence electrons. The molecule has 5 nitrogen and oxygen atoms in total. The summed E-state index contributed by atoms with van der Waals surface area (Å²) in [7, 11) is 0. The highest BCUT2D eigenvalue weighted by molar-refractivity contribution is 7.14. The topological polar surface area (TPSA) is 62.7 Å². The van der Waals surface area contributed by atoms with Gasteiger partial charge in [-0.3, -0.25) is 0 Å². The zero-order valence-corrected chi connectivity index (χ0v) is 14.4. The molecular formula is C18H20N2O3S. The van der Waals surface area contributed by atoms with Crippen LogP contribution in [0.15, 0.2) is 24.3 Å². The molecule has 1 N–H and O–H groups in total. The largest absolute Gasteiger partial charge is 0.477 e. The number of ether oxygens (including phenoxy) is 1. The van der Waals surface area contributed by atoms with E-state index in [1.807, 2.05) is 31.2 Å². The van der Waals surface area contributed by atoms with Gasteiger partial charge in [0, 0.05) is 23.7 Å². The van der Waals surface area contributed by atoms with Crippen LogP contribution in [-0.2, 0) is 16.8 Å². The fraction of sp³-hybridized carbons (Fsp3) is 0.444. The van der Waals surface area contributed by atoms with Crippen LogP contribution in [0.2, 0.25) is 0 Å². The van der Waals surface area contributed by atoms with E-state index in [2.05, 4.69) is 9.88 Å². The van der Waals surface area contributed by atoms with Crippen molar-refractivity contribution in [1.29, 1.82) is 0 Å². The van der Waals surface area contributed by atoms with Gasteiger partial charge in [-0.25, -0.2) is 9.78 Å². The van der Waals surface area contributed by atoms with Crippen molar-refractivity contribution >= 4 is 23.1 Å². The Morgan fingerprint density at radius 1 is 1.38 bits per heavy atom. The molecule has 1 fully saturated rings. The van der Waals surface area contributed by atoms with Gasteiger partial charge in [-0.1, -0.05) is 6.07 Å². The van der Waals surface area contributed by atoms with Crippen molar-refractivity contribution in [2.45, 2.75) is 31.8 Å². The Hall–Kier alpha value is -1.92. The van der Waals surface area contributed by atoms with Gasteiger partial charge in [0.1, 0.15) is 16.3 Å². The van der Waals surface area contributed by atoms with Gasteiger partial charge < -0.3 is 14.7 Å². The van der Waals surface area contributed by atoms with Gasteiger partial charge in [-0.15, -0.1) is 11.3 Å². The van der Waals surface area contributed by atoms with Gasteiger partial charge in [-0.05, 0) is 49.9 Å². The predicted octanol–water partition coefficient (Wildman–Crippen LogP) is 3.22. The van der Waals surface area contributed by atoms with E-state index < -0.39 is 5.97 Å². The molecule has 0 saturated carbocycles. The van der Waals surface area contributed by atoms with Crippen LogP contribution in [0.4, 0.5) is 5.82 Å². The average Bonchev–Trinajstić information content (AvgIpc) is 3.02. The van der Waals surface area contributed by atoms with E-state index in [4.69, 9.17) is 4.74 Å². The first-order chi connectivity index (χ1) is 11.6. The molecular weight excluding hydrogens is 324 g/mol. The lowest BCUT2D eigenvalue weighted by molar-refractivity contribution is -0.0735. The number of aromatic nitrogens is 1. The minimum atomic E-state index is -0.842. The quantitative estimate of drug-likeness (QED) is 0.906. The molecule has 4 heterocycles. The maximum absolute atomic E-state index is 11.3. The normalized spacial score (nSPS) is 19.3. The number of aryl methyl sites for hydroxylation is 1. The minimum absolute atomic E-state index is 0.313. The number of hydrogen-bond acceptors (Lipinski definition) is 5. The average molecular weight is 344 g/mol. The number of fused-ring (bicyclic) bond motifs is 2. The third-order valence-corrected chi connectivity index (χ3v) is 6.30. The summed E-state index contributed by atoms with van der Waals surface area (Å²) in [4.78, 5) is 19.8. The van der Waals surface area contributed by atoms with Crippen LogP contribution in [0.5, 0.6) is 0 Å². The van der Waals surface area contributed by atoms with Crippen LogP contribution in [-0.4, -0.2) is 35.8 Å². The van der Waals surface area contributed by atoms with E-state index >= 15 is 0 Å². The Kier molecular flexibility index (Phi) is 3.81. The summed E-state index contributed by atoms with van der Waals surface area (Å²) in [6.07, 6.45) is 2.55. The Labute approximate surface area is 144 Å². The number of rotatable bonds is 2. The van der Waals surface area contributed by atoms with E-state index in [0.29, 0.717) is 11.5 Å². The lowest BCUT2D eigenvalue weighted by Crippen LogP contribution is -2.46. The van der Waals surface area contributed by atoms with E-state index in [-0.39, 0.29) is 5.60 Å². The fourth-order valence-corrected chi connectivity index (χ4v) is 4.95. The monoisotopic (exact) mass is 344 g/mol. The number of carboxylic acids is 1. The van der Waals surface area contributed by atoms with E-state index in [1.54, 1.807) is 0 Å². The highest BCUT2D eigenvalue weighted by Gasteiger charge is 2.43. The second-order valence-corrected chi connectivity index (χ2v) is 7.54. The van der Waals surface area contributed by atoms with Crippen LogP contribution < -0.4 is 4.90 Å². The van der Waals surface area contributed by atoms with Crippen LogP contribution in [0.25, 0.3) is 0 Å². The van der Waals surface area contributed by atoms with Crippen LogP contribution in [0.3, 0.4) is 0 Å². The Bertz CT molecular complexity index is 778. The SMILES string of the molecule is Cc1cccc(N2CCC3(CC2)OCCc2cc(C(=O)O)sc23)n1. The highest BCUT2D eigenvalue weighted by atomic mass is 32.1. The predicted molar refractivity (Wildman–Crippen MR) is 93.0 cm³/mol. The summed E-state index contributed by atoms with van der Waals surface area (Å²) >= 11 is 1.39. The number of pyridine rings is 1. The zero-order chi connectivity index (χ0) is 16.7. The molecule has 24 heavy (non-hydrogen) atoms. The zero-order valence-electron chi connectivity index (χ0n) is 13.6. The summed E-state index contributed by atoms with van der Waals surface area (Å²) in [6.45, 7) is 4.42. The first kappa shape index (κ1) is 15.6. The van der Waals surface area contributed by atoms with Gasteiger partial charge in [0.15, 0.2) is 0 Å². The molecule has 2 aromatic heterocycles. The van der Waals surface area contributed by atoms with Gasteiger partial charge in [0.25, 0.3) is 0 Å².